The fourth-order valence-electron chi connectivity index (χ4n) is 1.68. The predicted octanol–water partition coefficient (Wildman–Crippen LogP) is 1.62. The molecule has 0 N–H and O–H groups in total. The van der Waals surface area contributed by atoms with Crippen molar-refractivity contribution in [3.8, 4) is 0 Å². The van der Waals surface area contributed by atoms with E-state index < -0.39 is 0 Å². The van der Waals surface area contributed by atoms with Crippen molar-refractivity contribution >= 4 is 4.02 Å². The molecule has 2 rings (SSSR count). The van der Waals surface area contributed by atoms with Crippen molar-refractivity contribution in [1.82, 2.24) is 4.90 Å². The molecule has 23 heavy (non-hydrogen) atoms. The van der Waals surface area contributed by atoms with E-state index >= 15 is 0 Å². The van der Waals surface area contributed by atoms with Crippen LogP contribution >= 0.6 is 0 Å². The minimum atomic E-state index is 1.26. The molecule has 0 radical (unpaired) electrons. The van der Waals surface area contributed by atoms with Gasteiger partial charge in [-0.15, -0.1) is 0 Å². The van der Waals surface area contributed by atoms with Crippen LogP contribution in [0.1, 0.15) is 18.4 Å². The van der Waals surface area contributed by atoms with Crippen LogP contribution in [0.2, 0.25) is 0 Å². The number of hydrogen-bond donors (Lipinski definition) is 0. The number of rotatable bonds is 2. The number of likely N-dealkylation sites (tertiary alicyclic amines) is 1. The first-order valence-electron chi connectivity index (χ1n) is 5.74. The van der Waals surface area contributed by atoms with Crippen molar-refractivity contribution in [2.45, 2.75) is 12.8 Å². The predicted molar refractivity (Wildman–Crippen MR) is 71.0 cm³/mol. The third-order valence-corrected chi connectivity index (χ3v) is 4.19. The molecule has 6 nitrogen and oxygen atoms in total. The van der Waals surface area contributed by atoms with Crippen molar-refractivity contribution < 1.29 is 42.6 Å². The van der Waals surface area contributed by atoms with Crippen LogP contribution < -0.4 is 0 Å². The zero-order chi connectivity index (χ0) is 19.1. The summed E-state index contributed by atoms with van der Waals surface area (Å²) in [6, 6.07) is 10.7. The topological polar surface area (TPSA) is 103 Å². The van der Waals surface area contributed by atoms with Gasteiger partial charge in [-0.3, -0.25) is 0 Å². The van der Waals surface area contributed by atoms with Gasteiger partial charge in [-0.25, -0.2) is 0 Å². The number of hydrogen-bond acceptors (Lipinski definition) is 1. The molecule has 0 spiro atoms. The maximum absolute atomic E-state index is 7.50. The molecule has 1 heterocycles. The van der Waals surface area contributed by atoms with Crippen LogP contribution in [0.5, 0.6) is 0 Å². The van der Waals surface area contributed by atoms with Crippen molar-refractivity contribution in [3.05, 3.63) is 69.1 Å². The van der Waals surface area contributed by atoms with E-state index in [9.17, 15) is 0 Å². The molecule has 0 amide bonds. The molecule has 1 aromatic rings. The quantitative estimate of drug-likeness (QED) is 0.464. The van der Waals surface area contributed by atoms with E-state index in [-0.39, 0.29) is 0 Å². The van der Waals surface area contributed by atoms with E-state index in [1.54, 1.807) is 19.4 Å². The molecule has 0 atom stereocenters. The summed E-state index contributed by atoms with van der Waals surface area (Å²) in [5.41, 5.74) is 1.40. The Morgan fingerprint density at radius 3 is 1.43 bits per heavy atom. The standard InChI is InChI=1S/C11H13N.5CO.W/c1-2-6-11(7-3-1)10-12-8-4-5-9-12;5*1-2;/h1-3,6-7H,4-5,8-9H2;;;;;;. The summed E-state index contributed by atoms with van der Waals surface area (Å²) < 4.78 is 39.0. The first-order chi connectivity index (χ1) is 11.4. The van der Waals surface area contributed by atoms with Gasteiger partial charge in [0.05, 0.1) is 0 Å². The molecule has 118 valence electrons. The molecule has 0 aliphatic carbocycles. The monoisotopic (exact) mass is 483 g/mol. The second kappa shape index (κ2) is 28.6. The summed E-state index contributed by atoms with van der Waals surface area (Å²) in [6.07, 6.45) is 2.73. The van der Waals surface area contributed by atoms with E-state index in [0.29, 0.717) is 0 Å². The Balaban J connectivity index is -0.000000156. The Morgan fingerprint density at radius 1 is 0.739 bits per heavy atom. The van der Waals surface area contributed by atoms with E-state index in [0.717, 1.165) is 0 Å². The van der Waals surface area contributed by atoms with Crippen molar-refractivity contribution in [1.29, 1.82) is 0 Å². The van der Waals surface area contributed by atoms with Gasteiger partial charge in [0.25, 0.3) is 0 Å². The second-order valence-electron chi connectivity index (χ2n) is 3.37. The van der Waals surface area contributed by atoms with Gasteiger partial charge in [0.15, 0.2) is 0 Å². The number of nitrogens with zero attached hydrogens (tertiary/aromatic N) is 1. The summed E-state index contributed by atoms with van der Waals surface area (Å²) in [5, 5.41) is 0. The van der Waals surface area contributed by atoms with Crippen LogP contribution in [-0.2, 0) is 42.6 Å². The van der Waals surface area contributed by atoms with Crippen LogP contribution in [0, 0.1) is 33.3 Å². The van der Waals surface area contributed by atoms with Crippen molar-refractivity contribution in [3.63, 3.8) is 0 Å². The molecule has 0 bridgehead atoms. The molecule has 0 saturated carbocycles. The van der Waals surface area contributed by atoms with E-state index in [4.69, 9.17) is 23.3 Å². The fourth-order valence-corrected chi connectivity index (χ4v) is 2.83. The molecule has 0 aromatic heterocycles. The molecule has 1 saturated heterocycles. The van der Waals surface area contributed by atoms with Crippen LogP contribution in [0.15, 0.2) is 30.3 Å². The van der Waals surface area contributed by atoms with Crippen molar-refractivity contribution in [2.24, 2.45) is 0 Å². The number of benzene rings is 1. The fraction of sp³-hybridized carbons (Fsp3) is 0.250. The average Bonchev–Trinajstić information content (AvgIpc) is 3.25. The zero-order valence-corrected chi connectivity index (χ0v) is 15.0. The SMILES string of the molecule is [C-]#[O+].[C-]#[O+].[C-]#[O+].[C-]#[O+].[C-]#[O+].[W]=[C](c1ccccc1)N1CCCC1. The normalized spacial score (nSPS) is 10.3. The van der Waals surface area contributed by atoms with Crippen LogP contribution in [0.25, 0.3) is 0 Å². The van der Waals surface area contributed by atoms with Gasteiger partial charge < -0.3 is 0 Å². The molecule has 1 fully saturated rings. The Hall–Kier alpha value is -1.56. The molecule has 1 aliphatic rings. The van der Waals surface area contributed by atoms with E-state index in [1.165, 1.54) is 35.5 Å². The Labute approximate surface area is 146 Å². The van der Waals surface area contributed by atoms with Crippen LogP contribution in [0.3, 0.4) is 0 Å². The first-order valence-corrected chi connectivity index (χ1v) is 7.21. The summed E-state index contributed by atoms with van der Waals surface area (Å²) in [6.45, 7) is 25.0. The molecule has 7 heteroatoms. The van der Waals surface area contributed by atoms with Crippen LogP contribution in [0.4, 0.5) is 0 Å². The van der Waals surface area contributed by atoms with Gasteiger partial charge in [-0.1, -0.05) is 0 Å². The van der Waals surface area contributed by atoms with Gasteiger partial charge in [0.2, 0.25) is 0 Å². The van der Waals surface area contributed by atoms with Gasteiger partial charge in [0.1, 0.15) is 0 Å². The Bertz CT molecular complexity index is 450. The molecule has 1 aliphatic heterocycles. The first kappa shape index (κ1) is 29.4. The maximum atomic E-state index is 7.50. The van der Waals surface area contributed by atoms with Gasteiger partial charge in [-0.2, -0.15) is 0 Å². The van der Waals surface area contributed by atoms with Gasteiger partial charge >= 0.3 is 147 Å². The van der Waals surface area contributed by atoms with Crippen molar-refractivity contribution in [2.75, 3.05) is 13.1 Å². The van der Waals surface area contributed by atoms with E-state index in [2.05, 4.69) is 68.5 Å². The van der Waals surface area contributed by atoms with E-state index in [1.807, 2.05) is 0 Å². The third-order valence-electron chi connectivity index (χ3n) is 2.41. The summed E-state index contributed by atoms with van der Waals surface area (Å²) in [4.78, 5) is 2.52. The van der Waals surface area contributed by atoms with Crippen LogP contribution in [-0.4, -0.2) is 22.0 Å². The summed E-state index contributed by atoms with van der Waals surface area (Å²) >= 11 is 1.59. The zero-order valence-electron chi connectivity index (χ0n) is 12.1. The third kappa shape index (κ3) is 15.1. The molecule has 0 unspecified atom stereocenters. The Kier molecular flexibility index (Phi) is 36.6. The summed E-state index contributed by atoms with van der Waals surface area (Å²) in [5.74, 6) is 0. The van der Waals surface area contributed by atoms with Gasteiger partial charge in [0, 0.05) is 0 Å². The molecular formula is C16H13NO5W. The molecular weight excluding hydrogens is 470 g/mol. The molecule has 1 aromatic carbocycles. The summed E-state index contributed by atoms with van der Waals surface area (Å²) in [7, 11) is 0. The second-order valence-corrected chi connectivity index (χ2v) is 4.75. The Morgan fingerprint density at radius 2 is 1.09 bits per heavy atom. The minimum absolute atomic E-state index is 1.26. The average molecular weight is 483 g/mol. The van der Waals surface area contributed by atoms with Gasteiger partial charge in [-0.05, 0) is 0 Å².